The Morgan fingerprint density at radius 2 is 1.41 bits per heavy atom. The molecule has 0 amide bonds. The van der Waals surface area contributed by atoms with Crippen LogP contribution >= 0.6 is 0 Å². The van der Waals surface area contributed by atoms with Crippen LogP contribution in [0, 0.1) is 0 Å². The highest BCUT2D eigenvalue weighted by Gasteiger charge is 1.95. The van der Waals surface area contributed by atoms with Gasteiger partial charge in [-0.05, 0) is 24.3 Å². The molecule has 0 saturated heterocycles. The molecule has 84 valence electrons. The molecule has 5 nitrogen and oxygen atoms in total. The first-order chi connectivity index (χ1) is 8.47. The third-order valence-corrected chi connectivity index (χ3v) is 1.87. The zero-order valence-electron chi connectivity index (χ0n) is 8.97. The van der Waals surface area contributed by atoms with Crippen LogP contribution in [0.4, 0.5) is 0 Å². The van der Waals surface area contributed by atoms with Gasteiger partial charge in [-0.15, -0.1) is 5.10 Å². The minimum absolute atomic E-state index is 0.915. The smallest absolute Gasteiger partial charge is 0.144 e. The summed E-state index contributed by atoms with van der Waals surface area (Å²) < 4.78 is 4.22. The predicted molar refractivity (Wildman–Crippen MR) is 61.8 cm³/mol. The van der Waals surface area contributed by atoms with E-state index >= 15 is 0 Å². The Morgan fingerprint density at radius 3 is 1.71 bits per heavy atom. The summed E-state index contributed by atoms with van der Waals surface area (Å²) in [7, 11) is 0. The average molecular weight is 226 g/mol. The van der Waals surface area contributed by atoms with Crippen molar-refractivity contribution in [3.63, 3.8) is 0 Å². The van der Waals surface area contributed by atoms with Crippen molar-refractivity contribution >= 4 is 0 Å². The molecule has 0 saturated carbocycles. The van der Waals surface area contributed by atoms with Crippen molar-refractivity contribution in [2.45, 2.75) is 0 Å². The number of pyridine rings is 2. The molecule has 0 aliphatic rings. The first-order valence-corrected chi connectivity index (χ1v) is 5.00. The predicted octanol–water partition coefficient (Wildman–Crippen LogP) is 2.21. The molecule has 0 atom stereocenters. The fraction of sp³-hybridized carbons (Fsp3) is 0. The second-order valence-corrected chi connectivity index (χ2v) is 3.02. The van der Waals surface area contributed by atoms with Crippen LogP contribution < -0.4 is 0 Å². The number of aromatic nitrogens is 4. The zero-order valence-corrected chi connectivity index (χ0v) is 8.97. The molecule has 0 unspecified atom stereocenters. The van der Waals surface area contributed by atoms with Gasteiger partial charge in [0, 0.05) is 17.7 Å². The Balaban J connectivity index is 0.000000181. The normalized spacial score (nSPS) is 9.18. The van der Waals surface area contributed by atoms with Gasteiger partial charge in [0.05, 0.1) is 17.6 Å². The van der Waals surface area contributed by atoms with Crippen molar-refractivity contribution in [3.8, 4) is 11.4 Å². The van der Waals surface area contributed by atoms with E-state index in [4.69, 9.17) is 0 Å². The van der Waals surface area contributed by atoms with Gasteiger partial charge < -0.3 is 4.52 Å². The minimum atomic E-state index is 0.915. The van der Waals surface area contributed by atoms with E-state index in [9.17, 15) is 0 Å². The van der Waals surface area contributed by atoms with Crippen molar-refractivity contribution in [3.05, 3.63) is 61.3 Å². The maximum absolute atomic E-state index is 4.22. The Morgan fingerprint density at radius 1 is 0.765 bits per heavy atom. The van der Waals surface area contributed by atoms with E-state index < -0.39 is 0 Å². The number of nitrogens with zero attached hydrogens (tertiary/aromatic N) is 4. The molecule has 0 radical (unpaired) electrons. The lowest BCUT2D eigenvalue weighted by Gasteiger charge is -1.96. The van der Waals surface area contributed by atoms with Crippen molar-refractivity contribution in [1.82, 2.24) is 20.3 Å². The van der Waals surface area contributed by atoms with E-state index in [0.29, 0.717) is 0 Å². The van der Waals surface area contributed by atoms with Gasteiger partial charge in [0.1, 0.15) is 6.26 Å². The van der Waals surface area contributed by atoms with E-state index in [1.807, 2.05) is 36.4 Å². The molecular weight excluding hydrogens is 216 g/mol. The Hall–Kier alpha value is -2.56. The van der Waals surface area contributed by atoms with Gasteiger partial charge in [-0.25, -0.2) is 0 Å². The summed E-state index contributed by atoms with van der Waals surface area (Å²) in [6, 6.07) is 11.6. The average Bonchev–Trinajstić information content (AvgIpc) is 3.00. The lowest BCUT2D eigenvalue weighted by molar-refractivity contribution is 0.393. The summed E-state index contributed by atoms with van der Waals surface area (Å²) in [6.07, 6.45) is 6.41. The lowest BCUT2D eigenvalue weighted by atomic mass is 10.2. The molecule has 5 heteroatoms. The van der Waals surface area contributed by atoms with Crippen LogP contribution in [0.25, 0.3) is 11.4 Å². The first kappa shape index (κ1) is 10.9. The van der Waals surface area contributed by atoms with Crippen LogP contribution in [0.2, 0.25) is 0 Å². The molecule has 3 aromatic rings. The van der Waals surface area contributed by atoms with Crippen LogP contribution in [-0.2, 0) is 0 Å². The molecule has 0 spiro atoms. The fourth-order valence-corrected chi connectivity index (χ4v) is 1.16. The van der Waals surface area contributed by atoms with Crippen LogP contribution in [-0.4, -0.2) is 20.3 Å². The largest absolute Gasteiger partial charge is 0.346 e. The van der Waals surface area contributed by atoms with Gasteiger partial charge in [0.15, 0.2) is 0 Å². The topological polar surface area (TPSA) is 64.7 Å². The van der Waals surface area contributed by atoms with Crippen LogP contribution in [0.5, 0.6) is 0 Å². The van der Waals surface area contributed by atoms with Crippen LogP contribution in [0.1, 0.15) is 0 Å². The number of rotatable bonds is 1. The maximum atomic E-state index is 4.22. The van der Waals surface area contributed by atoms with E-state index in [1.54, 1.807) is 12.4 Å². The van der Waals surface area contributed by atoms with E-state index in [2.05, 4.69) is 24.9 Å². The summed E-state index contributed by atoms with van der Waals surface area (Å²) in [6.45, 7) is 0. The monoisotopic (exact) mass is 226 g/mol. The third kappa shape index (κ3) is 3.49. The Kier molecular flexibility index (Phi) is 3.94. The van der Waals surface area contributed by atoms with E-state index in [0.717, 1.165) is 11.4 Å². The maximum Gasteiger partial charge on any atom is 0.144 e. The van der Waals surface area contributed by atoms with Crippen LogP contribution in [0.3, 0.4) is 0 Å². The second kappa shape index (κ2) is 6.12. The molecule has 0 aromatic carbocycles. The molecule has 3 aromatic heterocycles. The minimum Gasteiger partial charge on any atom is -0.346 e. The summed E-state index contributed by atoms with van der Waals surface area (Å²) in [4.78, 5) is 8.37. The highest BCUT2D eigenvalue weighted by atomic mass is 16.5. The molecule has 0 bridgehead atoms. The standard InChI is InChI=1S/C10H8N2.C2H2N2O/c1-3-7-11-9(5-1)10-6-2-4-8-12-10;1-2-5-4-3-1/h1-8H;1-2H. The Bertz CT molecular complexity index is 456. The van der Waals surface area contributed by atoms with E-state index in [-0.39, 0.29) is 0 Å². The SMILES string of the molecule is c1ccc(-c2ccccn2)nc1.c1conn1. The number of hydrogen-bond acceptors (Lipinski definition) is 5. The van der Waals surface area contributed by atoms with Crippen molar-refractivity contribution in [1.29, 1.82) is 0 Å². The highest BCUT2D eigenvalue weighted by molar-refractivity contribution is 5.52. The Labute approximate surface area is 98.1 Å². The lowest BCUT2D eigenvalue weighted by Crippen LogP contribution is -1.83. The molecule has 0 aliphatic carbocycles. The zero-order chi connectivity index (χ0) is 11.8. The van der Waals surface area contributed by atoms with Gasteiger partial charge in [-0.2, -0.15) is 0 Å². The quantitative estimate of drug-likeness (QED) is 0.636. The van der Waals surface area contributed by atoms with Gasteiger partial charge >= 0.3 is 0 Å². The summed E-state index contributed by atoms with van der Waals surface area (Å²) in [5.74, 6) is 0. The van der Waals surface area contributed by atoms with Crippen molar-refractivity contribution < 1.29 is 4.52 Å². The van der Waals surface area contributed by atoms with Crippen LogP contribution in [0.15, 0.2) is 65.8 Å². The molecule has 17 heavy (non-hydrogen) atoms. The van der Waals surface area contributed by atoms with Gasteiger partial charge in [-0.1, -0.05) is 12.1 Å². The van der Waals surface area contributed by atoms with Gasteiger partial charge in [0.25, 0.3) is 0 Å². The fourth-order valence-electron chi connectivity index (χ4n) is 1.16. The molecule has 3 heterocycles. The molecule has 0 fully saturated rings. The third-order valence-electron chi connectivity index (χ3n) is 1.87. The molecule has 0 aliphatic heterocycles. The second-order valence-electron chi connectivity index (χ2n) is 3.02. The highest BCUT2D eigenvalue weighted by Crippen LogP contribution is 2.10. The molecular formula is C12H10N4O. The molecule has 3 rings (SSSR count). The summed E-state index contributed by atoms with van der Waals surface area (Å²) in [5, 5.41) is 6.40. The summed E-state index contributed by atoms with van der Waals surface area (Å²) >= 11 is 0. The number of hydrogen-bond donors (Lipinski definition) is 0. The van der Waals surface area contributed by atoms with Crippen molar-refractivity contribution in [2.75, 3.05) is 0 Å². The molecule has 0 N–H and O–H groups in total. The van der Waals surface area contributed by atoms with Gasteiger partial charge in [0.2, 0.25) is 0 Å². The van der Waals surface area contributed by atoms with E-state index in [1.165, 1.54) is 12.5 Å². The van der Waals surface area contributed by atoms with Gasteiger partial charge in [-0.3, -0.25) is 9.97 Å². The van der Waals surface area contributed by atoms with Crippen molar-refractivity contribution in [2.24, 2.45) is 0 Å². The first-order valence-electron chi connectivity index (χ1n) is 5.00. The summed E-state index contributed by atoms with van der Waals surface area (Å²) in [5.41, 5.74) is 1.83.